The van der Waals surface area contributed by atoms with Crippen molar-refractivity contribution in [2.24, 2.45) is 5.73 Å². The van der Waals surface area contributed by atoms with E-state index in [2.05, 4.69) is 4.72 Å². The quantitative estimate of drug-likeness (QED) is 0.829. The zero-order chi connectivity index (χ0) is 13.8. The predicted molar refractivity (Wildman–Crippen MR) is 71.5 cm³/mol. The Balaban J connectivity index is 3.02. The molecule has 0 aliphatic rings. The van der Waals surface area contributed by atoms with Crippen molar-refractivity contribution in [1.82, 2.24) is 4.72 Å². The van der Waals surface area contributed by atoms with Gasteiger partial charge in [0.1, 0.15) is 5.75 Å². The summed E-state index contributed by atoms with van der Waals surface area (Å²) in [7, 11) is -2.13. The Bertz CT molecular complexity index is 501. The van der Waals surface area contributed by atoms with Gasteiger partial charge in [-0.05, 0) is 24.6 Å². The summed E-state index contributed by atoms with van der Waals surface area (Å²) < 4.78 is 31.6. The van der Waals surface area contributed by atoms with Gasteiger partial charge in [-0.2, -0.15) is 0 Å². The van der Waals surface area contributed by atoms with Crippen molar-refractivity contribution in [3.63, 3.8) is 0 Å². The number of ether oxygens (including phenoxy) is 1. The Morgan fingerprint density at radius 2 is 2.17 bits per heavy atom. The van der Waals surface area contributed by atoms with Crippen molar-refractivity contribution in [3.8, 4) is 5.75 Å². The van der Waals surface area contributed by atoms with E-state index in [-0.39, 0.29) is 22.5 Å². The molecule has 0 saturated heterocycles. The van der Waals surface area contributed by atoms with Gasteiger partial charge in [0, 0.05) is 12.6 Å². The Kier molecular flexibility index (Phi) is 5.40. The maximum atomic E-state index is 12.0. The zero-order valence-electron chi connectivity index (χ0n) is 10.3. The van der Waals surface area contributed by atoms with Gasteiger partial charge >= 0.3 is 0 Å². The molecule has 0 heterocycles. The predicted octanol–water partition coefficient (Wildman–Crippen LogP) is 1.36. The third-order valence-corrected chi connectivity index (χ3v) is 4.35. The number of benzene rings is 1. The van der Waals surface area contributed by atoms with Crippen LogP contribution in [-0.2, 0) is 10.0 Å². The molecule has 0 radical (unpaired) electrons. The normalized spacial score (nSPS) is 13.3. The van der Waals surface area contributed by atoms with Gasteiger partial charge in [-0.1, -0.05) is 18.5 Å². The molecule has 1 unspecified atom stereocenters. The highest BCUT2D eigenvalue weighted by atomic mass is 35.5. The van der Waals surface area contributed by atoms with E-state index in [0.29, 0.717) is 12.2 Å². The number of nitrogens with two attached hydrogens (primary N) is 1. The number of hydrogen-bond donors (Lipinski definition) is 2. The highest BCUT2D eigenvalue weighted by Crippen LogP contribution is 2.26. The van der Waals surface area contributed by atoms with Crippen LogP contribution >= 0.6 is 11.6 Å². The van der Waals surface area contributed by atoms with E-state index in [0.717, 1.165) is 0 Å². The molecule has 1 aromatic carbocycles. The van der Waals surface area contributed by atoms with Crippen molar-refractivity contribution < 1.29 is 13.2 Å². The van der Waals surface area contributed by atoms with Crippen molar-refractivity contribution in [2.45, 2.75) is 24.3 Å². The van der Waals surface area contributed by atoms with Crippen LogP contribution in [0.15, 0.2) is 23.1 Å². The Morgan fingerprint density at radius 1 is 1.50 bits per heavy atom. The van der Waals surface area contributed by atoms with Crippen LogP contribution in [0.4, 0.5) is 0 Å². The highest BCUT2D eigenvalue weighted by Gasteiger charge is 2.19. The van der Waals surface area contributed by atoms with Crippen molar-refractivity contribution in [1.29, 1.82) is 0 Å². The summed E-state index contributed by atoms with van der Waals surface area (Å²) in [4.78, 5) is 0.0974. The number of sulfonamides is 1. The molecule has 102 valence electrons. The lowest BCUT2D eigenvalue weighted by atomic mass is 10.2. The first kappa shape index (κ1) is 15.2. The van der Waals surface area contributed by atoms with Gasteiger partial charge in [0.25, 0.3) is 0 Å². The van der Waals surface area contributed by atoms with E-state index in [1.807, 2.05) is 6.92 Å². The average molecular weight is 293 g/mol. The number of rotatable bonds is 6. The van der Waals surface area contributed by atoms with Crippen LogP contribution in [-0.4, -0.2) is 28.1 Å². The maximum absolute atomic E-state index is 12.0. The van der Waals surface area contributed by atoms with Crippen LogP contribution in [0.5, 0.6) is 5.75 Å². The Labute approximate surface area is 112 Å². The largest absolute Gasteiger partial charge is 0.495 e. The molecule has 3 N–H and O–H groups in total. The van der Waals surface area contributed by atoms with E-state index in [1.54, 1.807) is 0 Å². The number of methoxy groups -OCH3 is 1. The first-order chi connectivity index (χ1) is 8.44. The number of nitrogens with one attached hydrogen (secondary N) is 1. The molecule has 1 atom stereocenters. The molecule has 0 saturated carbocycles. The van der Waals surface area contributed by atoms with Gasteiger partial charge in [0.2, 0.25) is 10.0 Å². The van der Waals surface area contributed by atoms with Crippen LogP contribution in [0.2, 0.25) is 5.02 Å². The second kappa shape index (κ2) is 6.38. The van der Waals surface area contributed by atoms with Crippen LogP contribution in [0.3, 0.4) is 0 Å². The third-order valence-electron chi connectivity index (χ3n) is 2.53. The maximum Gasteiger partial charge on any atom is 0.240 e. The molecule has 7 heteroatoms. The molecular weight excluding hydrogens is 276 g/mol. The Morgan fingerprint density at radius 3 is 2.61 bits per heavy atom. The molecule has 0 aromatic heterocycles. The minimum absolute atomic E-state index is 0.0974. The zero-order valence-corrected chi connectivity index (χ0v) is 11.9. The molecule has 1 rings (SSSR count). The highest BCUT2D eigenvalue weighted by molar-refractivity contribution is 7.89. The van der Waals surface area contributed by atoms with Crippen molar-refractivity contribution >= 4 is 21.6 Å². The lowest BCUT2D eigenvalue weighted by molar-refractivity contribution is 0.414. The first-order valence-electron chi connectivity index (χ1n) is 5.50. The van der Waals surface area contributed by atoms with Crippen molar-refractivity contribution in [2.75, 3.05) is 13.7 Å². The summed E-state index contributed by atoms with van der Waals surface area (Å²) in [5.74, 6) is 0.432. The lowest BCUT2D eigenvalue weighted by Gasteiger charge is -2.15. The molecule has 5 nitrogen and oxygen atoms in total. The van der Waals surface area contributed by atoms with E-state index in [1.165, 1.54) is 25.3 Å². The second-order valence-corrected chi connectivity index (χ2v) is 5.88. The molecule has 0 fully saturated rings. The smallest absolute Gasteiger partial charge is 0.240 e. The molecule has 0 amide bonds. The molecule has 0 aliphatic carbocycles. The summed E-state index contributed by atoms with van der Waals surface area (Å²) in [5, 5.41) is 0.251. The average Bonchev–Trinajstić information content (AvgIpc) is 2.35. The number of hydrogen-bond acceptors (Lipinski definition) is 4. The molecule has 18 heavy (non-hydrogen) atoms. The topological polar surface area (TPSA) is 81.4 Å². The minimum atomic E-state index is -3.60. The molecular formula is C11H17ClN2O3S. The van der Waals surface area contributed by atoms with Gasteiger partial charge < -0.3 is 10.5 Å². The molecule has 0 aliphatic heterocycles. The standard InChI is InChI=1S/C11H17ClN2O3S/c1-3-8(7-13)14-18(15,16)9-4-5-11(17-2)10(12)6-9/h4-6,8,14H,3,7,13H2,1-2H3. The van der Waals surface area contributed by atoms with E-state index < -0.39 is 10.0 Å². The van der Waals surface area contributed by atoms with E-state index in [9.17, 15) is 8.42 Å². The lowest BCUT2D eigenvalue weighted by Crippen LogP contribution is -2.39. The number of halogens is 1. The molecule has 0 spiro atoms. The van der Waals surface area contributed by atoms with Crippen LogP contribution in [0.25, 0.3) is 0 Å². The van der Waals surface area contributed by atoms with Crippen LogP contribution < -0.4 is 15.2 Å². The van der Waals surface area contributed by atoms with Crippen molar-refractivity contribution in [3.05, 3.63) is 23.2 Å². The van der Waals surface area contributed by atoms with Gasteiger partial charge in [-0.15, -0.1) is 0 Å². The second-order valence-electron chi connectivity index (χ2n) is 3.76. The van der Waals surface area contributed by atoms with E-state index >= 15 is 0 Å². The molecule has 0 bridgehead atoms. The summed E-state index contributed by atoms with van der Waals surface area (Å²) in [6, 6.07) is 4.03. The SMILES string of the molecule is CCC(CN)NS(=O)(=O)c1ccc(OC)c(Cl)c1. The van der Waals surface area contributed by atoms with Crippen LogP contribution in [0, 0.1) is 0 Å². The summed E-state index contributed by atoms with van der Waals surface area (Å²) in [6.07, 6.45) is 0.625. The van der Waals surface area contributed by atoms with Gasteiger partial charge in [0.05, 0.1) is 17.0 Å². The summed E-state index contributed by atoms with van der Waals surface area (Å²) in [6.45, 7) is 2.11. The fraction of sp³-hybridized carbons (Fsp3) is 0.455. The monoisotopic (exact) mass is 292 g/mol. The van der Waals surface area contributed by atoms with Crippen LogP contribution in [0.1, 0.15) is 13.3 Å². The fourth-order valence-corrected chi connectivity index (χ4v) is 3.08. The Hall–Kier alpha value is -0.820. The molecule has 1 aromatic rings. The fourth-order valence-electron chi connectivity index (χ4n) is 1.40. The minimum Gasteiger partial charge on any atom is -0.495 e. The first-order valence-corrected chi connectivity index (χ1v) is 7.36. The van der Waals surface area contributed by atoms with Gasteiger partial charge in [-0.25, -0.2) is 13.1 Å². The third kappa shape index (κ3) is 3.58. The van der Waals surface area contributed by atoms with E-state index in [4.69, 9.17) is 22.1 Å². The summed E-state index contributed by atoms with van der Waals surface area (Å²) in [5.41, 5.74) is 5.47. The van der Waals surface area contributed by atoms with Gasteiger partial charge in [0.15, 0.2) is 0 Å². The van der Waals surface area contributed by atoms with Gasteiger partial charge in [-0.3, -0.25) is 0 Å². The summed E-state index contributed by atoms with van der Waals surface area (Å²) >= 11 is 5.90.